The molecule has 0 aromatic rings. The lowest BCUT2D eigenvalue weighted by molar-refractivity contribution is -0.138. The van der Waals surface area contributed by atoms with Crippen molar-refractivity contribution in [3.05, 3.63) is 11.6 Å². The number of alkyl halides is 3. The summed E-state index contributed by atoms with van der Waals surface area (Å²) in [6, 6.07) is 0. The summed E-state index contributed by atoms with van der Waals surface area (Å²) >= 11 is 0. The molecule has 0 unspecified atom stereocenters. The normalized spacial score (nSPS) is 11.8. The number of ether oxygens (including phenoxy) is 1. The first kappa shape index (κ1) is 19.6. The highest BCUT2D eigenvalue weighted by Gasteiger charge is 2.33. The van der Waals surface area contributed by atoms with E-state index in [1.165, 1.54) is 13.3 Å². The molecule has 0 radical (unpaired) electrons. The van der Waals surface area contributed by atoms with Gasteiger partial charge >= 0.3 is 12.1 Å². The second-order valence-corrected chi connectivity index (χ2v) is 4.63. The van der Waals surface area contributed by atoms with Gasteiger partial charge < -0.3 is 4.74 Å². The molecule has 0 aliphatic rings. The maximum atomic E-state index is 12.7. The van der Waals surface area contributed by atoms with E-state index in [0.717, 1.165) is 32.1 Å². The number of hydrogen-bond donors (Lipinski definition) is 0. The standard InChI is InChI=1S/C16H23F3O2/c1-3-5-6-7-8-9-10-11-12-14(16(17,18)19)13-15(20)21-4-2/h13H,3-10H2,1-2H3/b14-13+. The zero-order valence-electron chi connectivity index (χ0n) is 12.7. The zero-order chi connectivity index (χ0) is 16.1. The summed E-state index contributed by atoms with van der Waals surface area (Å²) in [7, 11) is 0. The number of rotatable bonds is 8. The molecule has 0 aliphatic carbocycles. The van der Waals surface area contributed by atoms with Crippen molar-refractivity contribution in [2.75, 3.05) is 6.61 Å². The maximum Gasteiger partial charge on any atom is 0.424 e. The monoisotopic (exact) mass is 304 g/mol. The SMILES string of the molecule is CCCCCCCCC#C/C(=C\C(=O)OCC)C(F)(F)F. The summed E-state index contributed by atoms with van der Waals surface area (Å²) in [5.41, 5.74) is -1.15. The highest BCUT2D eigenvalue weighted by Crippen LogP contribution is 2.25. The van der Waals surface area contributed by atoms with Crippen LogP contribution < -0.4 is 0 Å². The van der Waals surface area contributed by atoms with Gasteiger partial charge in [-0.3, -0.25) is 0 Å². The van der Waals surface area contributed by atoms with Crippen LogP contribution in [0, 0.1) is 11.8 Å². The highest BCUT2D eigenvalue weighted by atomic mass is 19.4. The van der Waals surface area contributed by atoms with Gasteiger partial charge in [-0.2, -0.15) is 13.2 Å². The molecule has 0 saturated heterocycles. The highest BCUT2D eigenvalue weighted by molar-refractivity contribution is 5.84. The molecule has 0 spiro atoms. The molecule has 0 N–H and O–H groups in total. The Labute approximate surface area is 124 Å². The molecule has 0 heterocycles. The Morgan fingerprint density at radius 1 is 1.10 bits per heavy atom. The number of allylic oxidation sites excluding steroid dienone is 1. The smallest absolute Gasteiger partial charge is 0.424 e. The van der Waals surface area contributed by atoms with Gasteiger partial charge in [0.1, 0.15) is 5.57 Å². The van der Waals surface area contributed by atoms with Crippen LogP contribution in [0.25, 0.3) is 0 Å². The summed E-state index contributed by atoms with van der Waals surface area (Å²) in [6.07, 6.45) is 2.53. The van der Waals surface area contributed by atoms with Crippen molar-refractivity contribution in [2.24, 2.45) is 0 Å². The van der Waals surface area contributed by atoms with E-state index in [1.54, 1.807) is 0 Å². The van der Waals surface area contributed by atoms with Gasteiger partial charge in [-0.05, 0) is 13.3 Å². The van der Waals surface area contributed by atoms with Gasteiger partial charge in [-0.1, -0.05) is 50.9 Å². The Morgan fingerprint density at radius 3 is 2.29 bits per heavy atom. The van der Waals surface area contributed by atoms with Crippen LogP contribution in [0.15, 0.2) is 11.6 Å². The second kappa shape index (κ2) is 11.2. The maximum absolute atomic E-state index is 12.7. The molecule has 21 heavy (non-hydrogen) atoms. The van der Waals surface area contributed by atoms with Gasteiger partial charge in [0.25, 0.3) is 0 Å². The lowest BCUT2D eigenvalue weighted by Crippen LogP contribution is -2.13. The van der Waals surface area contributed by atoms with E-state index in [-0.39, 0.29) is 6.61 Å². The van der Waals surface area contributed by atoms with Gasteiger partial charge in [0.05, 0.1) is 6.61 Å². The third kappa shape index (κ3) is 10.9. The molecule has 0 rings (SSSR count). The second-order valence-electron chi connectivity index (χ2n) is 4.63. The number of esters is 1. The van der Waals surface area contributed by atoms with Crippen LogP contribution in [0.5, 0.6) is 0 Å². The molecular weight excluding hydrogens is 281 g/mol. The molecule has 0 atom stereocenters. The third-order valence-electron chi connectivity index (χ3n) is 2.73. The first-order valence-electron chi connectivity index (χ1n) is 7.36. The molecule has 0 fully saturated rings. The van der Waals surface area contributed by atoms with Gasteiger partial charge in [0.15, 0.2) is 0 Å². The summed E-state index contributed by atoms with van der Waals surface area (Å²) in [4.78, 5) is 11.1. The first-order chi connectivity index (χ1) is 9.91. The third-order valence-corrected chi connectivity index (χ3v) is 2.73. The average molecular weight is 304 g/mol. The summed E-state index contributed by atoms with van der Waals surface area (Å²) in [6.45, 7) is 3.69. The topological polar surface area (TPSA) is 26.3 Å². The van der Waals surface area contributed by atoms with Gasteiger partial charge in [0.2, 0.25) is 0 Å². The Balaban J connectivity index is 4.32. The molecule has 120 valence electrons. The van der Waals surface area contributed by atoms with E-state index in [4.69, 9.17) is 0 Å². The fourth-order valence-corrected chi connectivity index (χ4v) is 1.64. The predicted octanol–water partition coefficient (Wildman–Crippen LogP) is 4.79. The fraction of sp³-hybridized carbons (Fsp3) is 0.688. The van der Waals surface area contributed by atoms with Crippen LogP contribution in [0.4, 0.5) is 13.2 Å². The van der Waals surface area contributed by atoms with Crippen molar-refractivity contribution in [1.29, 1.82) is 0 Å². The quantitative estimate of drug-likeness (QED) is 0.279. The summed E-state index contributed by atoms with van der Waals surface area (Å²) < 4.78 is 42.4. The van der Waals surface area contributed by atoms with Crippen LogP contribution in [0.3, 0.4) is 0 Å². The van der Waals surface area contributed by atoms with E-state index in [1.807, 2.05) is 5.92 Å². The van der Waals surface area contributed by atoms with Gasteiger partial charge in [-0.25, -0.2) is 4.79 Å². The van der Waals surface area contributed by atoms with E-state index in [0.29, 0.717) is 12.5 Å². The minimum absolute atomic E-state index is 0.0334. The molecule has 0 bridgehead atoms. The molecule has 0 aromatic carbocycles. The summed E-state index contributed by atoms with van der Waals surface area (Å²) in [5.74, 6) is 3.51. The van der Waals surface area contributed by atoms with Crippen LogP contribution in [0.1, 0.15) is 58.8 Å². The van der Waals surface area contributed by atoms with E-state index >= 15 is 0 Å². The average Bonchev–Trinajstić information content (AvgIpc) is 2.39. The van der Waals surface area contributed by atoms with Crippen molar-refractivity contribution in [1.82, 2.24) is 0 Å². The Kier molecular flexibility index (Phi) is 10.5. The number of carbonyl (C=O) groups excluding carboxylic acids is 1. The Bertz CT molecular complexity index is 387. The van der Waals surface area contributed by atoms with Crippen molar-refractivity contribution in [3.8, 4) is 11.8 Å². The molecule has 0 saturated carbocycles. The lowest BCUT2D eigenvalue weighted by Gasteiger charge is -2.05. The molecule has 0 aliphatic heterocycles. The van der Waals surface area contributed by atoms with Gasteiger partial charge in [0, 0.05) is 12.5 Å². The number of unbranched alkanes of at least 4 members (excludes halogenated alkanes) is 6. The number of halogens is 3. The minimum Gasteiger partial charge on any atom is -0.463 e. The minimum atomic E-state index is -4.62. The van der Waals surface area contributed by atoms with Gasteiger partial charge in [-0.15, -0.1) is 0 Å². The molecule has 0 amide bonds. The Hall–Kier alpha value is -1.44. The number of hydrogen-bond acceptors (Lipinski definition) is 2. The zero-order valence-corrected chi connectivity index (χ0v) is 12.7. The molecule has 0 aromatic heterocycles. The van der Waals surface area contributed by atoms with E-state index < -0.39 is 17.7 Å². The van der Waals surface area contributed by atoms with Crippen molar-refractivity contribution >= 4 is 5.97 Å². The van der Waals surface area contributed by atoms with E-state index in [2.05, 4.69) is 17.6 Å². The largest absolute Gasteiger partial charge is 0.463 e. The van der Waals surface area contributed by atoms with Crippen LogP contribution in [-0.4, -0.2) is 18.8 Å². The Morgan fingerprint density at radius 2 is 1.71 bits per heavy atom. The fourth-order valence-electron chi connectivity index (χ4n) is 1.64. The number of carbonyl (C=O) groups is 1. The first-order valence-corrected chi connectivity index (χ1v) is 7.36. The molecular formula is C16H23F3O2. The van der Waals surface area contributed by atoms with E-state index in [9.17, 15) is 18.0 Å². The van der Waals surface area contributed by atoms with Crippen molar-refractivity contribution in [2.45, 2.75) is 65.0 Å². The summed E-state index contributed by atoms with van der Waals surface area (Å²) in [5, 5.41) is 0. The van der Waals surface area contributed by atoms with Crippen LogP contribution in [-0.2, 0) is 9.53 Å². The van der Waals surface area contributed by atoms with Crippen molar-refractivity contribution < 1.29 is 22.7 Å². The molecule has 2 nitrogen and oxygen atoms in total. The van der Waals surface area contributed by atoms with Crippen LogP contribution in [0.2, 0.25) is 0 Å². The lowest BCUT2D eigenvalue weighted by atomic mass is 10.1. The molecule has 5 heteroatoms. The van der Waals surface area contributed by atoms with Crippen LogP contribution >= 0.6 is 0 Å². The predicted molar refractivity (Wildman–Crippen MR) is 76.5 cm³/mol. The van der Waals surface area contributed by atoms with Crippen molar-refractivity contribution in [3.63, 3.8) is 0 Å².